The van der Waals surface area contributed by atoms with E-state index in [0.717, 1.165) is 24.8 Å². The van der Waals surface area contributed by atoms with Gasteiger partial charge in [-0.15, -0.1) is 0 Å². The molecular formula is C37H51NO6. The summed E-state index contributed by atoms with van der Waals surface area (Å²) in [6, 6.07) is 13.2. The predicted molar refractivity (Wildman–Crippen MR) is 177 cm³/mol. The van der Waals surface area contributed by atoms with Crippen molar-refractivity contribution in [1.82, 2.24) is 0 Å². The SMILES string of the molecule is C=C(C)C(=O)OC(CCCCCCCCCC)Oc1ccc(C=C(C#N)c2ccc(OC(C)C)c(OC(C)C)c2)cc1OC. The van der Waals surface area contributed by atoms with Crippen LogP contribution in [0.3, 0.4) is 0 Å². The summed E-state index contributed by atoms with van der Waals surface area (Å²) >= 11 is 0. The minimum atomic E-state index is -0.768. The molecule has 0 aliphatic carbocycles. The molecule has 0 heterocycles. The molecule has 0 aliphatic heterocycles. The highest BCUT2D eigenvalue weighted by molar-refractivity contribution is 5.90. The number of hydrogen-bond donors (Lipinski definition) is 0. The molecule has 7 heteroatoms. The molecule has 0 bridgehead atoms. The molecule has 0 N–H and O–H groups in total. The molecule has 0 fully saturated rings. The second-order valence-electron chi connectivity index (χ2n) is 11.6. The van der Waals surface area contributed by atoms with Crippen LogP contribution in [-0.2, 0) is 9.53 Å². The Balaban J connectivity index is 2.23. The van der Waals surface area contributed by atoms with Gasteiger partial charge in [0.2, 0.25) is 6.29 Å². The predicted octanol–water partition coefficient (Wildman–Crippen LogP) is 9.69. The summed E-state index contributed by atoms with van der Waals surface area (Å²) in [5, 5.41) is 10.0. The zero-order chi connectivity index (χ0) is 32.5. The summed E-state index contributed by atoms with van der Waals surface area (Å²) in [6.45, 7) is 15.3. The number of ether oxygens (including phenoxy) is 5. The van der Waals surface area contributed by atoms with Crippen LogP contribution in [0.15, 0.2) is 48.6 Å². The second kappa shape index (κ2) is 19.4. The van der Waals surface area contributed by atoms with Crippen molar-refractivity contribution in [3.05, 3.63) is 59.7 Å². The average Bonchev–Trinajstić information content (AvgIpc) is 2.98. The molecule has 0 amide bonds. The molecule has 0 spiro atoms. The van der Waals surface area contributed by atoms with Gasteiger partial charge in [0.1, 0.15) is 0 Å². The fourth-order valence-corrected chi connectivity index (χ4v) is 4.54. The van der Waals surface area contributed by atoms with E-state index in [-0.39, 0.29) is 12.2 Å². The van der Waals surface area contributed by atoms with Gasteiger partial charge < -0.3 is 23.7 Å². The van der Waals surface area contributed by atoms with E-state index < -0.39 is 12.3 Å². The minimum absolute atomic E-state index is 0.0150. The van der Waals surface area contributed by atoms with Crippen molar-refractivity contribution in [3.63, 3.8) is 0 Å². The smallest absolute Gasteiger partial charge is 0.336 e. The van der Waals surface area contributed by atoms with Crippen LogP contribution < -0.4 is 18.9 Å². The van der Waals surface area contributed by atoms with E-state index in [1.807, 2.05) is 52.0 Å². The Morgan fingerprint density at radius 2 is 1.43 bits per heavy atom. The van der Waals surface area contributed by atoms with Gasteiger partial charge in [0, 0.05) is 12.0 Å². The molecular weight excluding hydrogens is 554 g/mol. The van der Waals surface area contributed by atoms with Gasteiger partial charge in [-0.2, -0.15) is 5.26 Å². The third kappa shape index (κ3) is 12.8. The number of esters is 1. The van der Waals surface area contributed by atoms with Crippen LogP contribution in [-0.4, -0.2) is 31.6 Å². The molecule has 0 aliphatic rings. The number of nitrogens with zero attached hydrogens (tertiary/aromatic N) is 1. The molecule has 2 aromatic carbocycles. The first kappa shape index (κ1) is 36.3. The first-order valence-corrected chi connectivity index (χ1v) is 15.9. The first-order chi connectivity index (χ1) is 21.1. The number of rotatable bonds is 20. The van der Waals surface area contributed by atoms with Gasteiger partial charge in [0.05, 0.1) is 31.0 Å². The highest BCUT2D eigenvalue weighted by atomic mass is 16.7. The van der Waals surface area contributed by atoms with Crippen LogP contribution >= 0.6 is 0 Å². The molecule has 2 rings (SSSR count). The maximum atomic E-state index is 12.3. The van der Waals surface area contributed by atoms with Crippen LogP contribution in [0.4, 0.5) is 0 Å². The Kier molecular flexibility index (Phi) is 16.0. The van der Waals surface area contributed by atoms with E-state index in [1.54, 1.807) is 32.2 Å². The van der Waals surface area contributed by atoms with Gasteiger partial charge in [-0.05, 0) is 88.6 Å². The Morgan fingerprint density at radius 1 is 0.841 bits per heavy atom. The standard InChI is InChI=1S/C37H51NO6/c1-9-10-11-12-13-14-15-16-17-36(44-37(39)26(2)3)43-32-20-18-29(23-34(32)40-8)22-31(25-38)30-19-21-33(41-27(4)5)35(24-30)42-28(6)7/h18-24,27-28,36H,2,9-17H2,1,3-8H3. The monoisotopic (exact) mass is 605 g/mol. The summed E-state index contributed by atoms with van der Waals surface area (Å²) in [5.41, 5.74) is 2.22. The maximum Gasteiger partial charge on any atom is 0.336 e. The first-order valence-electron chi connectivity index (χ1n) is 15.9. The van der Waals surface area contributed by atoms with Gasteiger partial charge in [-0.1, -0.05) is 64.5 Å². The summed E-state index contributed by atoms with van der Waals surface area (Å²) < 4.78 is 29.3. The Morgan fingerprint density at radius 3 is 2.02 bits per heavy atom. The Labute approximate surface area is 264 Å². The lowest BCUT2D eigenvalue weighted by Gasteiger charge is -2.21. The molecule has 0 saturated heterocycles. The number of carbonyl (C=O) groups excluding carboxylic acids is 1. The maximum absolute atomic E-state index is 12.3. The normalized spacial score (nSPS) is 12.0. The summed E-state index contributed by atoms with van der Waals surface area (Å²) in [5.74, 6) is 1.64. The number of benzene rings is 2. The molecule has 240 valence electrons. The van der Waals surface area contributed by atoms with E-state index in [0.29, 0.717) is 46.1 Å². The molecule has 0 radical (unpaired) electrons. The Bertz CT molecular complexity index is 1270. The van der Waals surface area contributed by atoms with Crippen molar-refractivity contribution in [1.29, 1.82) is 5.26 Å². The summed E-state index contributed by atoms with van der Waals surface area (Å²) in [4.78, 5) is 12.3. The second-order valence-corrected chi connectivity index (χ2v) is 11.6. The lowest BCUT2D eigenvalue weighted by atomic mass is 10.0. The minimum Gasteiger partial charge on any atom is -0.493 e. The molecule has 2 aromatic rings. The van der Waals surface area contributed by atoms with Crippen LogP contribution in [0.1, 0.15) is 110 Å². The van der Waals surface area contributed by atoms with E-state index in [1.165, 1.54) is 32.1 Å². The number of carbonyl (C=O) groups is 1. The summed E-state index contributed by atoms with van der Waals surface area (Å²) in [7, 11) is 1.55. The number of methoxy groups -OCH3 is 1. The largest absolute Gasteiger partial charge is 0.493 e. The van der Waals surface area contributed by atoms with Crippen LogP contribution in [0.25, 0.3) is 11.6 Å². The fraction of sp³-hybridized carbons (Fsp3) is 0.514. The molecule has 0 aromatic heterocycles. The van der Waals surface area contributed by atoms with Gasteiger partial charge in [0.25, 0.3) is 0 Å². The molecule has 7 nitrogen and oxygen atoms in total. The zero-order valence-electron chi connectivity index (χ0n) is 27.7. The van der Waals surface area contributed by atoms with Crippen molar-refractivity contribution in [2.45, 2.75) is 118 Å². The highest BCUT2D eigenvalue weighted by Gasteiger charge is 2.19. The zero-order valence-corrected chi connectivity index (χ0v) is 27.7. The van der Waals surface area contributed by atoms with Crippen molar-refractivity contribution in [2.75, 3.05) is 7.11 Å². The average molecular weight is 606 g/mol. The third-order valence-corrected chi connectivity index (χ3v) is 6.74. The van der Waals surface area contributed by atoms with E-state index in [4.69, 9.17) is 23.7 Å². The number of allylic oxidation sites excluding steroid dienone is 1. The number of nitriles is 1. The number of hydrogen-bond acceptors (Lipinski definition) is 7. The van der Waals surface area contributed by atoms with Crippen LogP contribution in [0.2, 0.25) is 0 Å². The number of unbranched alkanes of at least 4 members (excludes halogenated alkanes) is 7. The van der Waals surface area contributed by atoms with Crippen molar-refractivity contribution < 1.29 is 28.5 Å². The topological polar surface area (TPSA) is 87.0 Å². The van der Waals surface area contributed by atoms with E-state index >= 15 is 0 Å². The van der Waals surface area contributed by atoms with E-state index in [2.05, 4.69) is 19.6 Å². The quantitative estimate of drug-likeness (QED) is 0.0371. The Hall–Kier alpha value is -3.92. The van der Waals surface area contributed by atoms with E-state index in [9.17, 15) is 10.1 Å². The lowest BCUT2D eigenvalue weighted by Crippen LogP contribution is -2.25. The lowest BCUT2D eigenvalue weighted by molar-refractivity contribution is -0.159. The van der Waals surface area contributed by atoms with Crippen molar-refractivity contribution >= 4 is 17.6 Å². The highest BCUT2D eigenvalue weighted by Crippen LogP contribution is 2.35. The summed E-state index contributed by atoms with van der Waals surface area (Å²) in [6.07, 6.45) is 10.9. The molecule has 44 heavy (non-hydrogen) atoms. The van der Waals surface area contributed by atoms with Gasteiger partial charge in [-0.3, -0.25) is 0 Å². The van der Waals surface area contributed by atoms with Crippen molar-refractivity contribution in [3.8, 4) is 29.1 Å². The van der Waals surface area contributed by atoms with Crippen LogP contribution in [0.5, 0.6) is 23.0 Å². The molecule has 1 atom stereocenters. The van der Waals surface area contributed by atoms with Crippen LogP contribution in [0, 0.1) is 11.3 Å². The van der Waals surface area contributed by atoms with Gasteiger partial charge in [0.15, 0.2) is 23.0 Å². The molecule has 0 saturated carbocycles. The van der Waals surface area contributed by atoms with Crippen molar-refractivity contribution in [2.24, 2.45) is 0 Å². The van der Waals surface area contributed by atoms with Gasteiger partial charge >= 0.3 is 5.97 Å². The van der Waals surface area contributed by atoms with Gasteiger partial charge in [-0.25, -0.2) is 4.79 Å². The molecule has 1 unspecified atom stereocenters. The fourth-order valence-electron chi connectivity index (χ4n) is 4.54. The third-order valence-electron chi connectivity index (χ3n) is 6.74.